The van der Waals surface area contributed by atoms with Crippen molar-refractivity contribution >= 4 is 12.7 Å². The van der Waals surface area contributed by atoms with E-state index in [-0.39, 0.29) is 10.2 Å². The molecule has 0 atom stereocenters. The van der Waals surface area contributed by atoms with Crippen molar-refractivity contribution in [3.63, 3.8) is 0 Å². The Bertz CT molecular complexity index is 456. The molecule has 1 rings (SSSR count). The van der Waals surface area contributed by atoms with Gasteiger partial charge < -0.3 is 9.19 Å². The highest BCUT2D eigenvalue weighted by Crippen LogP contribution is 2.16. The lowest BCUT2D eigenvalue weighted by Gasteiger charge is -2.39. The molecule has 0 heterocycles. The lowest BCUT2D eigenvalue weighted by atomic mass is 9.85. The van der Waals surface area contributed by atoms with Gasteiger partial charge in [-0.2, -0.15) is 0 Å². The molecular weight excluding hydrogens is 394 g/mol. The second kappa shape index (κ2) is 20.9. The highest BCUT2D eigenvalue weighted by Gasteiger charge is 2.24. The summed E-state index contributed by atoms with van der Waals surface area (Å²) in [5, 5.41) is 0. The van der Waals surface area contributed by atoms with Crippen LogP contribution in [0.25, 0.3) is 0 Å². The summed E-state index contributed by atoms with van der Waals surface area (Å²) in [4.78, 5) is 0. The number of unbranched alkanes of at least 4 members (excludes halogenated alkanes) is 5. The third kappa shape index (κ3) is 15.5. The van der Waals surface area contributed by atoms with Crippen LogP contribution in [0.2, 0.25) is 0 Å². The molecule has 0 aliphatic carbocycles. The van der Waals surface area contributed by atoms with Gasteiger partial charge in [0.2, 0.25) is 0 Å². The van der Waals surface area contributed by atoms with Crippen molar-refractivity contribution in [2.45, 2.75) is 105 Å². The van der Waals surface area contributed by atoms with E-state index in [2.05, 4.69) is 34.6 Å². The number of rotatable bonds is 16. The van der Waals surface area contributed by atoms with Gasteiger partial charge in [-0.25, -0.2) is 0 Å². The molecule has 182 valence electrons. The van der Waals surface area contributed by atoms with Crippen LogP contribution in [0.5, 0.6) is 0 Å². The molecule has 1 aromatic rings. The summed E-state index contributed by atoms with van der Waals surface area (Å²) in [5.41, 5.74) is 1.26. The quantitative estimate of drug-likeness (QED) is 0.257. The molecule has 0 saturated carbocycles. The van der Waals surface area contributed by atoms with Crippen molar-refractivity contribution < 1.29 is 17.8 Å². The minimum absolute atomic E-state index is 0. The van der Waals surface area contributed by atoms with E-state index in [1.807, 2.05) is 0 Å². The van der Waals surface area contributed by atoms with Crippen molar-refractivity contribution in [2.24, 2.45) is 0 Å². The lowest BCUT2D eigenvalue weighted by molar-refractivity contribution is -0.929. The first-order chi connectivity index (χ1) is 14.5. The smallest absolute Gasteiger partial charge is 0.571 e. The number of quaternary nitrogens is 1. The van der Waals surface area contributed by atoms with Crippen LogP contribution in [-0.4, -0.2) is 37.9 Å². The van der Waals surface area contributed by atoms with Gasteiger partial charge in [-0.15, -0.1) is 0 Å². The van der Waals surface area contributed by atoms with Crippen LogP contribution < -0.4 is 10.2 Å². The normalized spacial score (nSPS) is 10.8. The monoisotopic (exact) mass is 443 g/mol. The maximum atomic E-state index is 12.2. The molecule has 0 unspecified atom stereocenters. The largest absolute Gasteiger partial charge is 1.00 e. The number of nitrogens with zero attached hydrogens (tertiary/aromatic N) is 1. The van der Waals surface area contributed by atoms with Crippen LogP contribution in [-0.2, 0) is 6.42 Å². The van der Waals surface area contributed by atoms with E-state index in [0.29, 0.717) is 0 Å². The van der Waals surface area contributed by atoms with E-state index < -0.39 is 7.27 Å². The van der Waals surface area contributed by atoms with Crippen LogP contribution in [0.4, 0.5) is 8.63 Å². The van der Waals surface area contributed by atoms with E-state index >= 15 is 0 Å². The van der Waals surface area contributed by atoms with Crippen molar-refractivity contribution in [3.8, 4) is 0 Å². The van der Waals surface area contributed by atoms with Gasteiger partial charge in [0.1, 0.15) is 0 Å². The number of hydrogen-bond acceptors (Lipinski definition) is 0. The molecule has 0 N–H and O–H groups in total. The van der Waals surface area contributed by atoms with Crippen LogP contribution in [0.15, 0.2) is 24.3 Å². The average Bonchev–Trinajstić information content (AvgIpc) is 2.77. The summed E-state index contributed by atoms with van der Waals surface area (Å²) in [5.74, 6) is 0. The molecule has 0 aliphatic heterocycles. The van der Waals surface area contributed by atoms with Crippen LogP contribution in [0, 0.1) is 0 Å². The van der Waals surface area contributed by atoms with Gasteiger partial charge in [-0.3, -0.25) is 8.63 Å². The Balaban J connectivity index is 0. The Hall–Kier alpha value is -0.965. The van der Waals surface area contributed by atoms with Gasteiger partial charge in [-0.05, 0) is 49.6 Å². The second-order valence-corrected chi connectivity index (χ2v) is 8.80. The van der Waals surface area contributed by atoms with E-state index in [0.717, 1.165) is 24.8 Å². The average molecular weight is 443 g/mol. The fourth-order valence-corrected chi connectivity index (χ4v) is 3.86. The van der Waals surface area contributed by atoms with Crippen LogP contribution in [0.1, 0.15) is 104 Å². The Morgan fingerprint density at radius 2 is 0.968 bits per heavy atom. The maximum Gasteiger partial charge on any atom is 0.571 e. The Kier molecular flexibility index (Phi) is 21.7. The fraction of sp³-hybridized carbons (Fsp3) is 0.769. The fourth-order valence-electron chi connectivity index (χ4n) is 3.86. The van der Waals surface area contributed by atoms with Crippen LogP contribution >= 0.6 is 0 Å². The Morgan fingerprint density at radius 1 is 0.613 bits per heavy atom. The molecule has 1 nitrogen and oxygen atoms in total. The minimum Gasteiger partial charge on any atom is -1.00 e. The molecule has 5 heteroatoms. The maximum absolute atomic E-state index is 12.2. The van der Waals surface area contributed by atoms with Gasteiger partial charge in [0.25, 0.3) is 0 Å². The summed E-state index contributed by atoms with van der Waals surface area (Å²) < 4.78 is 25.7. The van der Waals surface area contributed by atoms with E-state index in [9.17, 15) is 8.63 Å². The van der Waals surface area contributed by atoms with Crippen molar-refractivity contribution in [2.75, 3.05) is 26.2 Å². The van der Waals surface area contributed by atoms with Crippen molar-refractivity contribution in [1.82, 2.24) is 0 Å². The summed E-state index contributed by atoms with van der Waals surface area (Å²) in [6, 6.07) is 6.60. The molecule has 1 aromatic carbocycles. The van der Waals surface area contributed by atoms with Gasteiger partial charge in [0.15, 0.2) is 0 Å². The first kappa shape index (κ1) is 32.2. The minimum atomic E-state index is -2.35. The summed E-state index contributed by atoms with van der Waals surface area (Å²) in [6.07, 6.45) is 14.3. The molecule has 0 saturated heterocycles. The molecule has 31 heavy (non-hydrogen) atoms. The zero-order valence-corrected chi connectivity index (χ0v) is 21.1. The highest BCUT2D eigenvalue weighted by atomic mass is 19.2. The summed E-state index contributed by atoms with van der Waals surface area (Å²) in [7, 11) is -2.35. The predicted molar refractivity (Wildman–Crippen MR) is 132 cm³/mol. The highest BCUT2D eigenvalue weighted by molar-refractivity contribution is 6.59. The molecule has 0 aliphatic rings. The first-order valence-corrected chi connectivity index (χ1v) is 12.7. The first-order valence-electron chi connectivity index (χ1n) is 12.7. The Labute approximate surface area is 192 Å². The molecule has 0 bridgehead atoms. The number of aryl methyl sites for hydroxylation is 1. The summed E-state index contributed by atoms with van der Waals surface area (Å²) in [6.45, 7) is 17.1. The third-order valence-electron chi connectivity index (χ3n) is 5.99. The topological polar surface area (TPSA) is 0 Å². The van der Waals surface area contributed by atoms with E-state index in [1.165, 1.54) is 94.2 Å². The van der Waals surface area contributed by atoms with Gasteiger partial charge in [-0.1, -0.05) is 91.0 Å². The lowest BCUT2D eigenvalue weighted by Crippen LogP contribution is -3.00. The number of benzene rings is 1. The predicted octanol–water partition coefficient (Wildman–Crippen LogP) is 4.67. The molecule has 0 amide bonds. The zero-order valence-electron chi connectivity index (χ0n) is 21.1. The van der Waals surface area contributed by atoms with Crippen LogP contribution in [0.3, 0.4) is 0 Å². The van der Waals surface area contributed by atoms with Gasteiger partial charge in [0.05, 0.1) is 26.2 Å². The number of hydrogen-bond donors (Lipinski definition) is 0. The summed E-state index contributed by atoms with van der Waals surface area (Å²) >= 11 is 0. The molecule has 0 fully saturated rings. The second-order valence-electron chi connectivity index (χ2n) is 8.80. The van der Waals surface area contributed by atoms with Crippen molar-refractivity contribution in [3.05, 3.63) is 29.8 Å². The zero-order chi connectivity index (χ0) is 22.7. The SMILES string of the molecule is CCCC[N+](CCCC)(CCCC)CCCC.CCCCc1ccc(B(F)F)cc1.[F-]. The number of halogens is 3. The molecule has 0 radical (unpaired) electrons. The van der Waals surface area contributed by atoms with Gasteiger partial charge in [0, 0.05) is 0 Å². The standard InChI is InChI=1S/C16H36N.C10H13BF2.FH/c1-5-9-13-17(14-10-6-2,15-11-7-3)16-12-8-4;1-2-3-4-9-5-7-10(8-6-9)11(12)13;/h5-16H2,1-4H3;5-8H,2-4H2,1H3;1H/q+1;;/p-1. The van der Waals surface area contributed by atoms with E-state index in [4.69, 9.17) is 0 Å². The van der Waals surface area contributed by atoms with E-state index in [1.54, 1.807) is 12.1 Å². The molecule has 0 spiro atoms. The van der Waals surface area contributed by atoms with Crippen molar-refractivity contribution in [1.29, 1.82) is 0 Å². The molecule has 0 aromatic heterocycles. The third-order valence-corrected chi connectivity index (χ3v) is 5.99. The Morgan fingerprint density at radius 3 is 1.26 bits per heavy atom. The van der Waals surface area contributed by atoms with Gasteiger partial charge >= 0.3 is 7.27 Å². The molecular formula is C26H49BF3N.